The van der Waals surface area contributed by atoms with E-state index in [2.05, 4.69) is 15.6 Å². The number of nitrogens with one attached hydrogen (secondary N) is 3. The maximum atomic E-state index is 13.5. The summed E-state index contributed by atoms with van der Waals surface area (Å²) in [5, 5.41) is 7.06. The van der Waals surface area contributed by atoms with Gasteiger partial charge in [0.2, 0.25) is 0 Å². The van der Waals surface area contributed by atoms with Crippen molar-refractivity contribution in [1.82, 2.24) is 10.3 Å². The Morgan fingerprint density at radius 1 is 1.06 bits per heavy atom. The van der Waals surface area contributed by atoms with E-state index in [1.165, 1.54) is 26.4 Å². The van der Waals surface area contributed by atoms with E-state index < -0.39 is 6.03 Å². The number of hydrogen-bond acceptors (Lipinski definition) is 3. The monoisotopic (exact) mass is 467 g/mol. The molecule has 4 aromatic rings. The molecule has 0 aliphatic carbocycles. The van der Waals surface area contributed by atoms with Gasteiger partial charge in [0.25, 0.3) is 0 Å². The first-order chi connectivity index (χ1) is 16.0. The summed E-state index contributed by atoms with van der Waals surface area (Å²) in [6.45, 7) is 0.283. The van der Waals surface area contributed by atoms with E-state index in [-0.39, 0.29) is 18.3 Å². The molecule has 0 aliphatic heterocycles. The number of para-hydroxylation sites is 1. The summed E-state index contributed by atoms with van der Waals surface area (Å²) in [6.07, 6.45) is 1.92. The number of benzene rings is 3. The van der Waals surface area contributed by atoms with E-state index in [1.54, 1.807) is 24.3 Å². The molecule has 6 nitrogen and oxygen atoms in total. The zero-order valence-corrected chi connectivity index (χ0v) is 18.9. The van der Waals surface area contributed by atoms with Crippen molar-refractivity contribution in [1.29, 1.82) is 0 Å². The van der Waals surface area contributed by atoms with Gasteiger partial charge in [0.1, 0.15) is 17.3 Å². The number of amides is 2. The highest BCUT2D eigenvalue weighted by Gasteiger charge is 2.20. The number of urea groups is 1. The first kappa shape index (κ1) is 22.5. The summed E-state index contributed by atoms with van der Waals surface area (Å²) in [4.78, 5) is 16.0. The lowest BCUT2D eigenvalue weighted by atomic mass is 9.91. The molecule has 1 aromatic heterocycles. The Morgan fingerprint density at radius 2 is 1.79 bits per heavy atom. The van der Waals surface area contributed by atoms with E-state index in [0.717, 1.165) is 22.0 Å². The van der Waals surface area contributed by atoms with E-state index in [9.17, 15) is 9.18 Å². The van der Waals surface area contributed by atoms with Gasteiger partial charge in [0.05, 0.1) is 24.9 Å². The lowest BCUT2D eigenvalue weighted by Gasteiger charge is -2.19. The molecule has 1 atom stereocenters. The van der Waals surface area contributed by atoms with Crippen LogP contribution in [-0.4, -0.2) is 31.8 Å². The van der Waals surface area contributed by atoms with Crippen molar-refractivity contribution in [2.24, 2.45) is 0 Å². The fourth-order valence-corrected chi connectivity index (χ4v) is 4.04. The molecular formula is C25H23ClFN3O3. The van der Waals surface area contributed by atoms with Gasteiger partial charge in [-0.1, -0.05) is 41.9 Å². The van der Waals surface area contributed by atoms with Crippen LogP contribution in [0.3, 0.4) is 0 Å². The molecule has 1 heterocycles. The molecule has 0 radical (unpaired) electrons. The molecule has 0 spiro atoms. The fraction of sp³-hybridized carbons (Fsp3) is 0.160. The zero-order chi connectivity index (χ0) is 23.4. The lowest BCUT2D eigenvalue weighted by Crippen LogP contribution is -2.32. The Morgan fingerprint density at radius 3 is 2.52 bits per heavy atom. The number of aromatic nitrogens is 1. The van der Waals surface area contributed by atoms with Crippen LogP contribution < -0.4 is 20.1 Å². The van der Waals surface area contributed by atoms with E-state index in [1.807, 2.05) is 30.5 Å². The molecule has 3 N–H and O–H groups in total. The second kappa shape index (κ2) is 9.83. The summed E-state index contributed by atoms with van der Waals surface area (Å²) in [5.41, 5.74) is 3.28. The number of rotatable bonds is 7. The van der Waals surface area contributed by atoms with Gasteiger partial charge in [0, 0.05) is 35.6 Å². The molecular weight excluding hydrogens is 445 g/mol. The molecule has 0 bridgehead atoms. The van der Waals surface area contributed by atoms with Crippen molar-refractivity contribution in [2.75, 3.05) is 26.1 Å². The molecule has 0 saturated heterocycles. The van der Waals surface area contributed by atoms with Crippen LogP contribution >= 0.6 is 11.6 Å². The van der Waals surface area contributed by atoms with Gasteiger partial charge < -0.3 is 25.1 Å². The Hall–Kier alpha value is -3.71. The largest absolute Gasteiger partial charge is 0.495 e. The summed E-state index contributed by atoms with van der Waals surface area (Å²) in [5.74, 6) is 0.341. The molecule has 0 saturated carbocycles. The molecule has 0 aliphatic rings. The minimum absolute atomic E-state index is 0.200. The van der Waals surface area contributed by atoms with Crippen LogP contribution in [-0.2, 0) is 0 Å². The van der Waals surface area contributed by atoms with Gasteiger partial charge in [0.15, 0.2) is 0 Å². The summed E-state index contributed by atoms with van der Waals surface area (Å²) in [7, 11) is 2.99. The Bertz CT molecular complexity index is 1270. The van der Waals surface area contributed by atoms with Gasteiger partial charge in [-0.15, -0.1) is 0 Å². The predicted octanol–water partition coefficient (Wildman–Crippen LogP) is 5.93. The van der Waals surface area contributed by atoms with E-state index in [0.29, 0.717) is 22.2 Å². The van der Waals surface area contributed by atoms with Gasteiger partial charge in [-0.25, -0.2) is 9.18 Å². The predicted molar refractivity (Wildman–Crippen MR) is 128 cm³/mol. The maximum absolute atomic E-state index is 13.5. The zero-order valence-electron chi connectivity index (χ0n) is 18.1. The quantitative estimate of drug-likeness (QED) is 0.315. The normalized spacial score (nSPS) is 11.8. The number of anilines is 1. The van der Waals surface area contributed by atoms with Crippen molar-refractivity contribution in [3.63, 3.8) is 0 Å². The number of carbonyl (C=O) groups is 1. The number of aromatic amines is 1. The second-order valence-electron chi connectivity index (χ2n) is 7.42. The van der Waals surface area contributed by atoms with Crippen molar-refractivity contribution in [3.05, 3.63) is 88.8 Å². The molecule has 3 aromatic carbocycles. The lowest BCUT2D eigenvalue weighted by molar-refractivity contribution is 0.251. The minimum atomic E-state index is -0.429. The van der Waals surface area contributed by atoms with Crippen molar-refractivity contribution in [3.8, 4) is 11.5 Å². The topological polar surface area (TPSA) is 75.4 Å². The number of ether oxygens (including phenoxy) is 2. The third kappa shape index (κ3) is 4.88. The Kier molecular flexibility index (Phi) is 6.70. The Balaban J connectivity index is 1.57. The standard InChI is InChI=1S/C25H23ClFN3O3/c1-32-23-12-24(33-2)22(11-20(23)26)30-25(31)29-13-18(15-7-9-16(27)10-8-15)19-14-28-21-6-4-3-5-17(19)21/h3-12,14,18,28H,13H2,1-2H3,(H2,29,30,31). The van der Waals surface area contributed by atoms with Gasteiger partial charge in [-0.2, -0.15) is 0 Å². The number of carbonyl (C=O) groups excluding carboxylic acids is 1. The SMILES string of the molecule is COc1cc(OC)c(NC(=O)NCC(c2ccc(F)cc2)c2c[nH]c3ccccc23)cc1Cl. The highest BCUT2D eigenvalue weighted by atomic mass is 35.5. The number of H-pyrrole nitrogens is 1. The van der Waals surface area contributed by atoms with Crippen LogP contribution in [0.4, 0.5) is 14.9 Å². The molecule has 1 unspecified atom stereocenters. The highest BCUT2D eigenvalue weighted by Crippen LogP contribution is 2.36. The molecule has 170 valence electrons. The first-order valence-corrected chi connectivity index (χ1v) is 10.7. The summed E-state index contributed by atoms with van der Waals surface area (Å²) in [6, 6.07) is 16.9. The average molecular weight is 468 g/mol. The third-order valence-electron chi connectivity index (χ3n) is 5.46. The summed E-state index contributed by atoms with van der Waals surface area (Å²) >= 11 is 6.20. The molecule has 4 rings (SSSR count). The van der Waals surface area contributed by atoms with Crippen LogP contribution in [0.2, 0.25) is 5.02 Å². The number of hydrogen-bond donors (Lipinski definition) is 3. The minimum Gasteiger partial charge on any atom is -0.495 e. The van der Waals surface area contributed by atoms with Crippen LogP contribution in [0.5, 0.6) is 11.5 Å². The maximum Gasteiger partial charge on any atom is 0.319 e. The van der Waals surface area contributed by atoms with Gasteiger partial charge >= 0.3 is 6.03 Å². The molecule has 33 heavy (non-hydrogen) atoms. The fourth-order valence-electron chi connectivity index (χ4n) is 3.80. The van der Waals surface area contributed by atoms with Crippen LogP contribution in [0, 0.1) is 5.82 Å². The van der Waals surface area contributed by atoms with Crippen LogP contribution in [0.25, 0.3) is 10.9 Å². The smallest absolute Gasteiger partial charge is 0.319 e. The van der Waals surface area contributed by atoms with Gasteiger partial charge in [-0.05, 0) is 35.4 Å². The van der Waals surface area contributed by atoms with Crippen LogP contribution in [0.15, 0.2) is 66.9 Å². The third-order valence-corrected chi connectivity index (χ3v) is 5.75. The van der Waals surface area contributed by atoms with Gasteiger partial charge in [-0.3, -0.25) is 0 Å². The summed E-state index contributed by atoms with van der Waals surface area (Å²) < 4.78 is 24.1. The number of fused-ring (bicyclic) bond motifs is 1. The Labute approximate surface area is 195 Å². The molecule has 8 heteroatoms. The second-order valence-corrected chi connectivity index (χ2v) is 7.82. The van der Waals surface area contributed by atoms with Crippen molar-refractivity contribution < 1.29 is 18.7 Å². The first-order valence-electron chi connectivity index (χ1n) is 10.3. The van der Waals surface area contributed by atoms with E-state index >= 15 is 0 Å². The molecule has 2 amide bonds. The van der Waals surface area contributed by atoms with Crippen molar-refractivity contribution in [2.45, 2.75) is 5.92 Å². The molecule has 0 fully saturated rings. The number of methoxy groups -OCH3 is 2. The van der Waals surface area contributed by atoms with Crippen molar-refractivity contribution >= 4 is 34.2 Å². The van der Waals surface area contributed by atoms with E-state index in [4.69, 9.17) is 21.1 Å². The highest BCUT2D eigenvalue weighted by molar-refractivity contribution is 6.32. The number of halogens is 2. The average Bonchev–Trinajstić information content (AvgIpc) is 3.24. The van der Waals surface area contributed by atoms with Crippen LogP contribution in [0.1, 0.15) is 17.0 Å².